The Balaban J connectivity index is 2.21. The molecule has 0 aromatic carbocycles. The van der Waals surface area contributed by atoms with E-state index in [-0.39, 0.29) is 0 Å². The average molecular weight is 284 g/mol. The molecule has 0 N–H and O–H groups in total. The lowest BCUT2D eigenvalue weighted by Gasteiger charge is -2.24. The highest BCUT2D eigenvalue weighted by atomic mass is 31.1. The van der Waals surface area contributed by atoms with Crippen LogP contribution in [0.15, 0.2) is 0 Å². The van der Waals surface area contributed by atoms with E-state index in [9.17, 15) is 0 Å². The van der Waals surface area contributed by atoms with Gasteiger partial charge in [0.05, 0.1) is 0 Å². The Bertz CT molecular complexity index is 182. The number of hydrogen-bond acceptors (Lipinski definition) is 0. The van der Waals surface area contributed by atoms with Crippen molar-refractivity contribution < 1.29 is 0 Å². The largest absolute Gasteiger partial charge is 0.101 e. The van der Waals surface area contributed by atoms with Crippen molar-refractivity contribution in [3.05, 3.63) is 0 Å². The molecule has 0 radical (unpaired) electrons. The molecule has 0 saturated carbocycles. The van der Waals surface area contributed by atoms with Crippen LogP contribution in [0.25, 0.3) is 0 Å². The summed E-state index contributed by atoms with van der Waals surface area (Å²) in [5.41, 5.74) is 2.29. The van der Waals surface area contributed by atoms with Crippen molar-refractivity contribution in [1.82, 2.24) is 0 Å². The van der Waals surface area contributed by atoms with Crippen molar-refractivity contribution in [2.24, 2.45) is 0 Å². The van der Waals surface area contributed by atoms with E-state index < -0.39 is 0 Å². The van der Waals surface area contributed by atoms with Crippen LogP contribution >= 0.6 is 7.92 Å². The maximum absolute atomic E-state index is 2.47. The van der Waals surface area contributed by atoms with Crippen molar-refractivity contribution in [2.75, 3.05) is 6.16 Å². The van der Waals surface area contributed by atoms with Crippen LogP contribution < -0.4 is 0 Å². The molecule has 1 aliphatic heterocycles. The first-order chi connectivity index (χ1) is 9.33. The molecule has 1 saturated heterocycles. The summed E-state index contributed by atoms with van der Waals surface area (Å²) in [6.07, 6.45) is 19.5. The van der Waals surface area contributed by atoms with Crippen LogP contribution in [0.3, 0.4) is 0 Å². The zero-order chi connectivity index (χ0) is 13.9. The van der Waals surface area contributed by atoms with Gasteiger partial charge in [-0.3, -0.25) is 0 Å². The third-order valence-electron chi connectivity index (χ3n) is 4.92. The highest BCUT2D eigenvalue weighted by Crippen LogP contribution is 2.58. The van der Waals surface area contributed by atoms with Crippen LogP contribution in [-0.2, 0) is 0 Å². The van der Waals surface area contributed by atoms with Crippen LogP contribution in [0.2, 0.25) is 0 Å². The molecule has 1 heterocycles. The second-order valence-corrected chi connectivity index (χ2v) is 9.54. The predicted molar refractivity (Wildman–Crippen MR) is 91.8 cm³/mol. The molecular weight excluding hydrogens is 247 g/mol. The van der Waals surface area contributed by atoms with Crippen LogP contribution in [-0.4, -0.2) is 17.5 Å². The molecule has 114 valence electrons. The maximum Gasteiger partial charge on any atom is -0.0207 e. The molecule has 0 aromatic rings. The molecule has 0 amide bonds. The third kappa shape index (κ3) is 6.61. The van der Waals surface area contributed by atoms with Gasteiger partial charge in [-0.2, -0.15) is 0 Å². The van der Waals surface area contributed by atoms with Crippen molar-refractivity contribution >= 4 is 7.92 Å². The summed E-state index contributed by atoms with van der Waals surface area (Å²) in [7, 11) is 0.388. The van der Waals surface area contributed by atoms with Crippen LogP contribution in [0.5, 0.6) is 0 Å². The molecule has 1 heteroatoms. The van der Waals surface area contributed by atoms with Gasteiger partial charge in [-0.15, -0.1) is 7.92 Å². The topological polar surface area (TPSA) is 0 Å². The normalized spacial score (nSPS) is 27.0. The minimum absolute atomic E-state index is 0.388. The van der Waals surface area contributed by atoms with Gasteiger partial charge in [0.15, 0.2) is 0 Å². The fourth-order valence-corrected chi connectivity index (χ4v) is 7.38. The molecule has 0 spiro atoms. The summed E-state index contributed by atoms with van der Waals surface area (Å²) < 4.78 is 0. The van der Waals surface area contributed by atoms with Crippen LogP contribution in [0.4, 0.5) is 0 Å². The Kier molecular flexibility index (Phi) is 10.2. The Morgan fingerprint density at radius 1 is 0.684 bits per heavy atom. The molecule has 0 aromatic heterocycles. The minimum Gasteiger partial charge on any atom is -0.101 e. The minimum atomic E-state index is 0.388. The molecule has 19 heavy (non-hydrogen) atoms. The summed E-state index contributed by atoms with van der Waals surface area (Å²) in [6.45, 7) is 7.11. The summed E-state index contributed by atoms with van der Waals surface area (Å²) in [4.78, 5) is 0. The van der Waals surface area contributed by atoms with E-state index in [1.807, 2.05) is 0 Å². The number of unbranched alkanes of at least 4 members (excludes halogenated alkanes) is 6. The van der Waals surface area contributed by atoms with E-state index in [0.717, 1.165) is 11.3 Å². The van der Waals surface area contributed by atoms with Crippen molar-refractivity contribution in [2.45, 2.75) is 109 Å². The van der Waals surface area contributed by atoms with E-state index in [1.165, 1.54) is 57.5 Å². The molecule has 2 unspecified atom stereocenters. The fourth-order valence-electron chi connectivity index (χ4n) is 3.76. The Morgan fingerprint density at radius 2 is 1.16 bits per heavy atom. The van der Waals surface area contributed by atoms with E-state index in [0.29, 0.717) is 7.92 Å². The second kappa shape index (κ2) is 11.1. The molecule has 0 bridgehead atoms. The molecule has 1 aliphatic rings. The molecule has 1 rings (SSSR count). The first-order valence-electron chi connectivity index (χ1n) is 9.09. The first-order valence-corrected chi connectivity index (χ1v) is 10.8. The van der Waals surface area contributed by atoms with Gasteiger partial charge in [-0.25, -0.2) is 0 Å². The SMILES string of the molecule is CCCCCCC1CCC(CCCCCC)P1CC. The monoisotopic (exact) mass is 284 g/mol. The third-order valence-corrected chi connectivity index (χ3v) is 8.56. The van der Waals surface area contributed by atoms with Gasteiger partial charge in [0.2, 0.25) is 0 Å². The van der Waals surface area contributed by atoms with Gasteiger partial charge in [-0.1, -0.05) is 72.1 Å². The molecule has 0 aliphatic carbocycles. The van der Waals surface area contributed by atoms with Gasteiger partial charge in [0.25, 0.3) is 0 Å². The van der Waals surface area contributed by atoms with Crippen LogP contribution in [0, 0.1) is 0 Å². The number of hydrogen-bond donors (Lipinski definition) is 0. The Morgan fingerprint density at radius 3 is 1.53 bits per heavy atom. The maximum atomic E-state index is 2.47. The number of rotatable bonds is 11. The first kappa shape index (κ1) is 17.5. The zero-order valence-electron chi connectivity index (χ0n) is 13.8. The van der Waals surface area contributed by atoms with Gasteiger partial charge in [-0.05, 0) is 43.2 Å². The second-order valence-electron chi connectivity index (χ2n) is 6.41. The van der Waals surface area contributed by atoms with Crippen LogP contribution in [0.1, 0.15) is 97.8 Å². The van der Waals surface area contributed by atoms with Gasteiger partial charge < -0.3 is 0 Å². The summed E-state index contributed by atoms with van der Waals surface area (Å²) in [5.74, 6) is 0. The van der Waals surface area contributed by atoms with Gasteiger partial charge >= 0.3 is 0 Å². The highest BCUT2D eigenvalue weighted by molar-refractivity contribution is 7.59. The van der Waals surface area contributed by atoms with E-state index in [2.05, 4.69) is 20.8 Å². The van der Waals surface area contributed by atoms with E-state index in [4.69, 9.17) is 0 Å². The standard InChI is InChI=1S/C18H37P/c1-4-7-9-11-13-17-15-16-18(19(17)6-3)14-12-10-8-5-2/h17-18H,4-16H2,1-3H3. The Hall–Kier alpha value is 0.430. The van der Waals surface area contributed by atoms with Gasteiger partial charge in [0, 0.05) is 0 Å². The fraction of sp³-hybridized carbons (Fsp3) is 1.00. The highest BCUT2D eigenvalue weighted by Gasteiger charge is 2.32. The molecule has 2 atom stereocenters. The Labute approximate surface area is 123 Å². The average Bonchev–Trinajstić information content (AvgIpc) is 2.82. The lowest BCUT2D eigenvalue weighted by atomic mass is 10.0. The molecule has 1 fully saturated rings. The van der Waals surface area contributed by atoms with Crippen molar-refractivity contribution in [1.29, 1.82) is 0 Å². The van der Waals surface area contributed by atoms with Crippen molar-refractivity contribution in [3.8, 4) is 0 Å². The smallest absolute Gasteiger partial charge is 0.0207 e. The quantitative estimate of drug-likeness (QED) is 0.284. The van der Waals surface area contributed by atoms with E-state index >= 15 is 0 Å². The summed E-state index contributed by atoms with van der Waals surface area (Å²) in [6, 6.07) is 0. The van der Waals surface area contributed by atoms with Crippen molar-refractivity contribution in [3.63, 3.8) is 0 Å². The molecular formula is C18H37P. The van der Waals surface area contributed by atoms with Gasteiger partial charge in [0.1, 0.15) is 0 Å². The molecule has 0 nitrogen and oxygen atoms in total. The zero-order valence-corrected chi connectivity index (χ0v) is 14.7. The van der Waals surface area contributed by atoms with E-state index in [1.54, 1.807) is 25.7 Å². The lowest BCUT2D eigenvalue weighted by molar-refractivity contribution is 0.580. The summed E-state index contributed by atoms with van der Waals surface area (Å²) in [5, 5.41) is 0. The lowest BCUT2D eigenvalue weighted by Crippen LogP contribution is -2.06. The predicted octanol–water partition coefficient (Wildman–Crippen LogP) is 6.96. The summed E-state index contributed by atoms with van der Waals surface area (Å²) >= 11 is 0.